The summed E-state index contributed by atoms with van der Waals surface area (Å²) in [4.78, 5) is 14.9. The molecule has 0 N–H and O–H groups in total. The summed E-state index contributed by atoms with van der Waals surface area (Å²) in [7, 11) is 0. The van der Waals surface area contributed by atoms with Crippen LogP contribution in [0.4, 0.5) is 8.78 Å². The SMILES string of the molecule is CCN(Cc1cccs1)C(=O)c1ccc(F)c(F)c1. The molecule has 2 rings (SSSR count). The fraction of sp³-hybridized carbons (Fsp3) is 0.214. The van der Waals surface area contributed by atoms with Gasteiger partial charge in [0.1, 0.15) is 0 Å². The van der Waals surface area contributed by atoms with Crippen molar-refractivity contribution in [2.75, 3.05) is 6.54 Å². The van der Waals surface area contributed by atoms with Crippen LogP contribution in [-0.4, -0.2) is 17.4 Å². The Hall–Kier alpha value is -1.75. The van der Waals surface area contributed by atoms with Crippen molar-refractivity contribution in [3.05, 3.63) is 57.8 Å². The number of amides is 1. The molecule has 0 aliphatic carbocycles. The summed E-state index contributed by atoms with van der Waals surface area (Å²) in [5, 5.41) is 1.94. The van der Waals surface area contributed by atoms with Crippen LogP contribution in [0.2, 0.25) is 0 Å². The molecular formula is C14H13F2NOS. The van der Waals surface area contributed by atoms with E-state index in [2.05, 4.69) is 0 Å². The molecule has 1 amide bonds. The third-order valence-corrected chi connectivity index (χ3v) is 3.62. The maximum Gasteiger partial charge on any atom is 0.254 e. The quantitative estimate of drug-likeness (QED) is 0.837. The van der Waals surface area contributed by atoms with Gasteiger partial charge in [0.2, 0.25) is 0 Å². The summed E-state index contributed by atoms with van der Waals surface area (Å²) in [6.07, 6.45) is 0. The first-order chi connectivity index (χ1) is 9.11. The van der Waals surface area contributed by atoms with Crippen molar-refractivity contribution in [2.24, 2.45) is 0 Å². The molecule has 0 fully saturated rings. The van der Waals surface area contributed by atoms with Crippen LogP contribution in [0, 0.1) is 11.6 Å². The van der Waals surface area contributed by atoms with Crippen molar-refractivity contribution in [2.45, 2.75) is 13.5 Å². The fourth-order valence-electron chi connectivity index (χ4n) is 1.73. The smallest absolute Gasteiger partial charge is 0.254 e. The number of rotatable bonds is 4. The van der Waals surface area contributed by atoms with Crippen molar-refractivity contribution in [3.63, 3.8) is 0 Å². The largest absolute Gasteiger partial charge is 0.334 e. The molecule has 19 heavy (non-hydrogen) atoms. The Bertz CT molecular complexity index is 569. The number of hydrogen-bond donors (Lipinski definition) is 0. The number of hydrogen-bond acceptors (Lipinski definition) is 2. The normalized spacial score (nSPS) is 10.5. The zero-order valence-electron chi connectivity index (χ0n) is 10.4. The van der Waals surface area contributed by atoms with Crippen LogP contribution in [0.3, 0.4) is 0 Å². The lowest BCUT2D eigenvalue weighted by Gasteiger charge is -2.20. The average molecular weight is 281 g/mol. The van der Waals surface area contributed by atoms with Crippen molar-refractivity contribution in [1.82, 2.24) is 4.90 Å². The molecule has 0 bridgehead atoms. The van der Waals surface area contributed by atoms with E-state index in [0.29, 0.717) is 13.1 Å². The molecule has 2 aromatic rings. The van der Waals surface area contributed by atoms with Crippen LogP contribution in [0.15, 0.2) is 35.7 Å². The number of carbonyl (C=O) groups is 1. The Morgan fingerprint density at radius 2 is 2.05 bits per heavy atom. The highest BCUT2D eigenvalue weighted by Crippen LogP contribution is 2.15. The Morgan fingerprint density at radius 3 is 2.63 bits per heavy atom. The molecule has 5 heteroatoms. The molecule has 0 radical (unpaired) electrons. The molecule has 0 atom stereocenters. The first kappa shape index (κ1) is 13.7. The zero-order chi connectivity index (χ0) is 13.8. The molecule has 0 saturated carbocycles. The standard InChI is InChI=1S/C14H13F2NOS/c1-2-17(9-11-4-3-7-19-11)14(18)10-5-6-12(15)13(16)8-10/h3-8H,2,9H2,1H3. The summed E-state index contributed by atoms with van der Waals surface area (Å²) >= 11 is 1.56. The molecule has 0 saturated heterocycles. The van der Waals surface area contributed by atoms with Gasteiger partial charge in [-0.2, -0.15) is 0 Å². The Kier molecular flexibility index (Phi) is 4.27. The molecule has 0 aliphatic heterocycles. The molecular weight excluding hydrogens is 268 g/mol. The molecule has 2 nitrogen and oxygen atoms in total. The van der Waals surface area contributed by atoms with E-state index in [4.69, 9.17) is 0 Å². The van der Waals surface area contributed by atoms with E-state index < -0.39 is 11.6 Å². The van der Waals surface area contributed by atoms with Crippen LogP contribution in [0.25, 0.3) is 0 Å². The van der Waals surface area contributed by atoms with Crippen molar-refractivity contribution in [1.29, 1.82) is 0 Å². The van der Waals surface area contributed by atoms with Crippen LogP contribution in [0.5, 0.6) is 0 Å². The minimum absolute atomic E-state index is 0.164. The summed E-state index contributed by atoms with van der Waals surface area (Å²) in [5.74, 6) is -2.24. The van der Waals surface area contributed by atoms with E-state index in [1.54, 1.807) is 16.2 Å². The molecule has 0 aliphatic rings. The predicted molar refractivity (Wildman–Crippen MR) is 71.1 cm³/mol. The molecule has 1 aromatic carbocycles. The summed E-state index contributed by atoms with van der Waals surface area (Å²) < 4.78 is 26.0. The third-order valence-electron chi connectivity index (χ3n) is 2.76. The lowest BCUT2D eigenvalue weighted by molar-refractivity contribution is 0.0753. The van der Waals surface area contributed by atoms with Gasteiger partial charge in [-0.25, -0.2) is 8.78 Å². The first-order valence-electron chi connectivity index (χ1n) is 5.88. The summed E-state index contributed by atoms with van der Waals surface area (Å²) in [5.41, 5.74) is 0.164. The third kappa shape index (κ3) is 3.17. The number of thiophene rings is 1. The molecule has 1 heterocycles. The van der Waals surface area contributed by atoms with E-state index in [1.165, 1.54) is 6.07 Å². The lowest BCUT2D eigenvalue weighted by Crippen LogP contribution is -2.30. The minimum atomic E-state index is -1.00. The van der Waals surface area contributed by atoms with Crippen LogP contribution >= 0.6 is 11.3 Å². The second-order valence-electron chi connectivity index (χ2n) is 4.03. The van der Waals surface area contributed by atoms with Crippen molar-refractivity contribution < 1.29 is 13.6 Å². The van der Waals surface area contributed by atoms with Crippen molar-refractivity contribution in [3.8, 4) is 0 Å². The van der Waals surface area contributed by atoms with Gasteiger partial charge in [-0.15, -0.1) is 11.3 Å². The van der Waals surface area contributed by atoms with Gasteiger partial charge in [0.15, 0.2) is 11.6 Å². The summed E-state index contributed by atoms with van der Waals surface area (Å²) in [6.45, 7) is 2.84. The highest BCUT2D eigenvalue weighted by Gasteiger charge is 2.16. The van der Waals surface area contributed by atoms with Gasteiger partial charge in [0, 0.05) is 17.0 Å². The average Bonchev–Trinajstić information content (AvgIpc) is 2.91. The second kappa shape index (κ2) is 5.93. The fourth-order valence-corrected chi connectivity index (χ4v) is 2.45. The predicted octanol–water partition coefficient (Wildman–Crippen LogP) is 3.69. The van der Waals surface area contributed by atoms with E-state index in [9.17, 15) is 13.6 Å². The molecule has 0 unspecified atom stereocenters. The summed E-state index contributed by atoms with van der Waals surface area (Å²) in [6, 6.07) is 7.07. The Balaban J connectivity index is 2.18. The topological polar surface area (TPSA) is 20.3 Å². The van der Waals surface area contributed by atoms with Crippen molar-refractivity contribution >= 4 is 17.2 Å². The molecule has 1 aromatic heterocycles. The molecule has 100 valence electrons. The van der Waals surface area contributed by atoms with Gasteiger partial charge in [0.25, 0.3) is 5.91 Å². The van der Waals surface area contributed by atoms with Gasteiger partial charge in [-0.05, 0) is 36.6 Å². The van der Waals surface area contributed by atoms with Gasteiger partial charge in [0.05, 0.1) is 6.54 Å². The highest BCUT2D eigenvalue weighted by molar-refractivity contribution is 7.09. The highest BCUT2D eigenvalue weighted by atomic mass is 32.1. The Morgan fingerprint density at radius 1 is 1.26 bits per heavy atom. The minimum Gasteiger partial charge on any atom is -0.334 e. The van der Waals surface area contributed by atoms with Gasteiger partial charge < -0.3 is 4.90 Å². The first-order valence-corrected chi connectivity index (χ1v) is 6.76. The lowest BCUT2D eigenvalue weighted by atomic mass is 10.2. The van der Waals surface area contributed by atoms with Gasteiger partial charge in [-0.3, -0.25) is 4.79 Å². The Labute approximate surface area is 114 Å². The zero-order valence-corrected chi connectivity index (χ0v) is 11.2. The van der Waals surface area contributed by atoms with E-state index in [-0.39, 0.29) is 11.5 Å². The van der Waals surface area contributed by atoms with Gasteiger partial charge >= 0.3 is 0 Å². The number of carbonyl (C=O) groups excluding carboxylic acids is 1. The number of benzene rings is 1. The number of nitrogens with zero attached hydrogens (tertiary/aromatic N) is 1. The van der Waals surface area contributed by atoms with E-state index >= 15 is 0 Å². The second-order valence-corrected chi connectivity index (χ2v) is 5.06. The maximum absolute atomic E-state index is 13.1. The number of halogens is 2. The monoisotopic (exact) mass is 281 g/mol. The van der Waals surface area contributed by atoms with E-state index in [0.717, 1.165) is 17.0 Å². The van der Waals surface area contributed by atoms with Crippen LogP contribution < -0.4 is 0 Å². The van der Waals surface area contributed by atoms with Crippen LogP contribution in [-0.2, 0) is 6.54 Å². The van der Waals surface area contributed by atoms with Gasteiger partial charge in [-0.1, -0.05) is 6.07 Å². The van der Waals surface area contributed by atoms with E-state index in [1.807, 2.05) is 24.4 Å². The molecule has 0 spiro atoms. The van der Waals surface area contributed by atoms with Crippen LogP contribution in [0.1, 0.15) is 22.2 Å². The maximum atomic E-state index is 13.1.